The molecule has 0 radical (unpaired) electrons. The second-order valence-electron chi connectivity index (χ2n) is 4.74. The highest BCUT2D eigenvalue weighted by Crippen LogP contribution is 2.20. The molecular weight excluding hydrogens is 256 g/mol. The van der Waals surface area contributed by atoms with E-state index in [-0.39, 0.29) is 18.4 Å². The fourth-order valence-corrected chi connectivity index (χ4v) is 1.60. The van der Waals surface area contributed by atoms with Gasteiger partial charge in [0.15, 0.2) is 0 Å². The van der Waals surface area contributed by atoms with Gasteiger partial charge in [0, 0.05) is 26.7 Å². The van der Waals surface area contributed by atoms with Gasteiger partial charge in [-0.1, -0.05) is 6.92 Å². The van der Waals surface area contributed by atoms with Crippen molar-refractivity contribution in [1.29, 1.82) is 0 Å². The molecule has 0 heterocycles. The van der Waals surface area contributed by atoms with Crippen molar-refractivity contribution >= 4 is 17.5 Å². The van der Waals surface area contributed by atoms with Crippen LogP contribution < -0.4 is 9.64 Å². The number of nitrogens with zero attached hydrogens (tertiary/aromatic N) is 2. The largest absolute Gasteiger partial charge is 0.494 e. The Labute approximate surface area is 120 Å². The quantitative estimate of drug-likeness (QED) is 0.798. The van der Waals surface area contributed by atoms with Crippen LogP contribution in [-0.2, 0) is 9.59 Å². The zero-order chi connectivity index (χ0) is 15.1. The molecule has 2 amide bonds. The lowest BCUT2D eigenvalue weighted by atomic mass is 10.2. The van der Waals surface area contributed by atoms with Crippen LogP contribution in [0.15, 0.2) is 24.3 Å². The van der Waals surface area contributed by atoms with Crippen LogP contribution in [0.3, 0.4) is 0 Å². The van der Waals surface area contributed by atoms with Crippen LogP contribution in [0.5, 0.6) is 5.75 Å². The van der Waals surface area contributed by atoms with Crippen LogP contribution in [0.25, 0.3) is 0 Å². The average molecular weight is 278 g/mol. The van der Waals surface area contributed by atoms with Gasteiger partial charge in [-0.05, 0) is 30.7 Å². The Hall–Kier alpha value is -2.04. The predicted molar refractivity (Wildman–Crippen MR) is 78.9 cm³/mol. The number of rotatable bonds is 6. The highest BCUT2D eigenvalue weighted by Gasteiger charge is 2.16. The van der Waals surface area contributed by atoms with Gasteiger partial charge in [0.1, 0.15) is 12.3 Å². The molecule has 0 bridgehead atoms. The standard InChI is InChI=1S/C15H22N2O3/c1-5-10-20-14-8-6-13(7-9-14)17(12(2)18)11-15(19)16(3)4/h6-9H,5,10-11H2,1-4H3. The molecule has 0 saturated carbocycles. The van der Waals surface area contributed by atoms with E-state index >= 15 is 0 Å². The fraction of sp³-hybridized carbons (Fsp3) is 0.467. The van der Waals surface area contributed by atoms with Gasteiger partial charge in [0.25, 0.3) is 0 Å². The number of carbonyl (C=O) groups is 2. The van der Waals surface area contributed by atoms with E-state index in [0.29, 0.717) is 12.3 Å². The second-order valence-corrected chi connectivity index (χ2v) is 4.74. The van der Waals surface area contributed by atoms with Gasteiger partial charge in [-0.2, -0.15) is 0 Å². The molecule has 0 spiro atoms. The van der Waals surface area contributed by atoms with Crippen molar-refractivity contribution in [3.63, 3.8) is 0 Å². The first-order valence-corrected chi connectivity index (χ1v) is 6.66. The van der Waals surface area contributed by atoms with Crippen LogP contribution in [0.1, 0.15) is 20.3 Å². The first-order chi connectivity index (χ1) is 9.45. The maximum absolute atomic E-state index is 11.7. The van der Waals surface area contributed by atoms with E-state index in [9.17, 15) is 9.59 Å². The van der Waals surface area contributed by atoms with Crippen LogP contribution in [-0.4, -0.2) is 44.0 Å². The van der Waals surface area contributed by atoms with E-state index in [2.05, 4.69) is 0 Å². The number of anilines is 1. The Morgan fingerprint density at radius 1 is 1.15 bits per heavy atom. The maximum Gasteiger partial charge on any atom is 0.242 e. The monoisotopic (exact) mass is 278 g/mol. The summed E-state index contributed by atoms with van der Waals surface area (Å²) in [5.74, 6) is 0.479. The van der Waals surface area contributed by atoms with Crippen molar-refractivity contribution in [3.8, 4) is 5.75 Å². The fourth-order valence-electron chi connectivity index (χ4n) is 1.60. The van der Waals surface area contributed by atoms with Crippen LogP contribution >= 0.6 is 0 Å². The summed E-state index contributed by atoms with van der Waals surface area (Å²) in [5.41, 5.74) is 0.691. The molecule has 0 aromatic heterocycles. The van der Waals surface area contributed by atoms with E-state index in [1.807, 2.05) is 6.92 Å². The summed E-state index contributed by atoms with van der Waals surface area (Å²) in [6.07, 6.45) is 0.943. The summed E-state index contributed by atoms with van der Waals surface area (Å²) in [6.45, 7) is 4.19. The lowest BCUT2D eigenvalue weighted by Crippen LogP contribution is -2.39. The van der Waals surface area contributed by atoms with Crippen molar-refractivity contribution in [1.82, 2.24) is 4.90 Å². The van der Waals surface area contributed by atoms with Gasteiger partial charge in [0.2, 0.25) is 11.8 Å². The minimum atomic E-state index is -0.164. The van der Waals surface area contributed by atoms with E-state index < -0.39 is 0 Å². The molecule has 0 aliphatic rings. The normalized spacial score (nSPS) is 10.0. The predicted octanol–water partition coefficient (Wildman–Crippen LogP) is 1.92. The van der Waals surface area contributed by atoms with E-state index in [1.54, 1.807) is 38.4 Å². The first-order valence-electron chi connectivity index (χ1n) is 6.66. The van der Waals surface area contributed by atoms with Crippen molar-refractivity contribution in [2.75, 3.05) is 32.1 Å². The van der Waals surface area contributed by atoms with Crippen molar-refractivity contribution in [2.45, 2.75) is 20.3 Å². The second kappa shape index (κ2) is 7.53. The summed E-state index contributed by atoms with van der Waals surface area (Å²) in [4.78, 5) is 26.3. The SMILES string of the molecule is CCCOc1ccc(N(CC(=O)N(C)C)C(C)=O)cc1. The molecule has 0 fully saturated rings. The molecule has 110 valence electrons. The summed E-state index contributed by atoms with van der Waals surface area (Å²) in [7, 11) is 3.34. The highest BCUT2D eigenvalue weighted by molar-refractivity contribution is 5.97. The molecule has 1 aromatic rings. The molecule has 0 aliphatic carbocycles. The van der Waals surface area contributed by atoms with Gasteiger partial charge >= 0.3 is 0 Å². The molecule has 5 heteroatoms. The lowest BCUT2D eigenvalue weighted by molar-refractivity contribution is -0.129. The van der Waals surface area contributed by atoms with Crippen molar-refractivity contribution in [3.05, 3.63) is 24.3 Å². The van der Waals surface area contributed by atoms with Crippen molar-refractivity contribution < 1.29 is 14.3 Å². The lowest BCUT2D eigenvalue weighted by Gasteiger charge is -2.22. The Kier molecular flexibility index (Phi) is 6.03. The first kappa shape index (κ1) is 16.0. The number of ether oxygens (including phenoxy) is 1. The Morgan fingerprint density at radius 2 is 1.75 bits per heavy atom. The number of likely N-dealkylation sites (N-methyl/N-ethyl adjacent to an activating group) is 1. The Bertz CT molecular complexity index is 455. The van der Waals surface area contributed by atoms with Gasteiger partial charge < -0.3 is 14.5 Å². The third kappa shape index (κ3) is 4.57. The molecule has 0 saturated heterocycles. The molecule has 0 atom stereocenters. The smallest absolute Gasteiger partial charge is 0.242 e. The van der Waals surface area contributed by atoms with Crippen LogP contribution in [0.2, 0.25) is 0 Å². The van der Waals surface area contributed by atoms with E-state index in [4.69, 9.17) is 4.74 Å². The van der Waals surface area contributed by atoms with Gasteiger partial charge in [-0.15, -0.1) is 0 Å². The van der Waals surface area contributed by atoms with E-state index in [1.165, 1.54) is 16.7 Å². The number of hydrogen-bond acceptors (Lipinski definition) is 3. The maximum atomic E-state index is 11.7. The summed E-state index contributed by atoms with van der Waals surface area (Å²) in [5, 5.41) is 0. The van der Waals surface area contributed by atoms with E-state index in [0.717, 1.165) is 12.2 Å². The Balaban J connectivity index is 2.82. The number of benzene rings is 1. The Morgan fingerprint density at radius 3 is 2.20 bits per heavy atom. The van der Waals surface area contributed by atoms with Crippen LogP contribution in [0, 0.1) is 0 Å². The third-order valence-electron chi connectivity index (χ3n) is 2.79. The van der Waals surface area contributed by atoms with Gasteiger partial charge in [0.05, 0.1) is 6.61 Å². The average Bonchev–Trinajstić information content (AvgIpc) is 2.42. The summed E-state index contributed by atoms with van der Waals surface area (Å²) in [6, 6.07) is 7.19. The minimum Gasteiger partial charge on any atom is -0.494 e. The zero-order valence-corrected chi connectivity index (χ0v) is 12.5. The molecule has 5 nitrogen and oxygen atoms in total. The number of hydrogen-bond donors (Lipinski definition) is 0. The van der Waals surface area contributed by atoms with Crippen molar-refractivity contribution in [2.24, 2.45) is 0 Å². The molecule has 1 rings (SSSR count). The third-order valence-corrected chi connectivity index (χ3v) is 2.79. The molecule has 0 N–H and O–H groups in total. The molecule has 0 aliphatic heterocycles. The van der Waals surface area contributed by atoms with Gasteiger partial charge in [-0.3, -0.25) is 9.59 Å². The molecule has 20 heavy (non-hydrogen) atoms. The van der Waals surface area contributed by atoms with Gasteiger partial charge in [-0.25, -0.2) is 0 Å². The van der Waals surface area contributed by atoms with Crippen LogP contribution in [0.4, 0.5) is 5.69 Å². The number of carbonyl (C=O) groups excluding carboxylic acids is 2. The number of amides is 2. The zero-order valence-electron chi connectivity index (χ0n) is 12.5. The molecular formula is C15H22N2O3. The topological polar surface area (TPSA) is 49.9 Å². The summed E-state index contributed by atoms with van der Waals surface area (Å²) < 4.78 is 5.49. The minimum absolute atomic E-state index is 0.0392. The summed E-state index contributed by atoms with van der Waals surface area (Å²) >= 11 is 0. The molecule has 1 aromatic carbocycles. The highest BCUT2D eigenvalue weighted by atomic mass is 16.5. The molecule has 0 unspecified atom stereocenters.